The van der Waals surface area contributed by atoms with E-state index in [1.54, 1.807) is 7.11 Å². The van der Waals surface area contributed by atoms with Gasteiger partial charge in [-0.2, -0.15) is 0 Å². The normalized spacial score (nSPS) is 13.5. The molecule has 2 heterocycles. The summed E-state index contributed by atoms with van der Waals surface area (Å²) in [5.74, 6) is 1.95. The van der Waals surface area contributed by atoms with E-state index in [9.17, 15) is 0 Å². The lowest BCUT2D eigenvalue weighted by atomic mass is 10.1. The van der Waals surface area contributed by atoms with E-state index < -0.39 is 0 Å². The van der Waals surface area contributed by atoms with Crippen molar-refractivity contribution >= 4 is 22.4 Å². The highest BCUT2D eigenvalue weighted by Crippen LogP contribution is 2.39. The fraction of sp³-hybridized carbons (Fsp3) is 0.211. The summed E-state index contributed by atoms with van der Waals surface area (Å²) in [7, 11) is 1.72. The zero-order valence-corrected chi connectivity index (χ0v) is 12.8. The van der Waals surface area contributed by atoms with Gasteiger partial charge in [0, 0.05) is 11.9 Å². The molecular weight excluding hydrogens is 272 g/mol. The first-order valence-electron chi connectivity index (χ1n) is 7.57. The molecule has 110 valence electrons. The molecule has 3 aromatic rings. The molecule has 1 aromatic heterocycles. The molecule has 1 aliphatic rings. The van der Waals surface area contributed by atoms with Gasteiger partial charge in [-0.15, -0.1) is 0 Å². The predicted octanol–water partition coefficient (Wildman–Crippen LogP) is 4.25. The van der Waals surface area contributed by atoms with Crippen LogP contribution in [0.4, 0.5) is 11.5 Å². The van der Waals surface area contributed by atoms with E-state index in [2.05, 4.69) is 42.2 Å². The van der Waals surface area contributed by atoms with Crippen LogP contribution in [0.5, 0.6) is 5.75 Å². The van der Waals surface area contributed by atoms with Crippen molar-refractivity contribution in [2.24, 2.45) is 0 Å². The van der Waals surface area contributed by atoms with Crippen LogP contribution in [-0.4, -0.2) is 18.6 Å². The minimum Gasteiger partial charge on any atom is -0.495 e. The number of benzene rings is 2. The molecule has 0 aliphatic carbocycles. The minimum atomic E-state index is 0.890. The highest BCUT2D eigenvalue weighted by molar-refractivity contribution is 5.85. The van der Waals surface area contributed by atoms with E-state index in [-0.39, 0.29) is 0 Å². The molecule has 0 atom stereocenters. The van der Waals surface area contributed by atoms with Crippen LogP contribution >= 0.6 is 0 Å². The van der Waals surface area contributed by atoms with Gasteiger partial charge in [-0.05, 0) is 48.7 Å². The van der Waals surface area contributed by atoms with E-state index in [4.69, 9.17) is 9.72 Å². The zero-order valence-electron chi connectivity index (χ0n) is 12.8. The summed E-state index contributed by atoms with van der Waals surface area (Å²) in [6, 6.07) is 16.8. The molecule has 0 bridgehead atoms. The van der Waals surface area contributed by atoms with Gasteiger partial charge in [0.25, 0.3) is 0 Å². The van der Waals surface area contributed by atoms with Crippen LogP contribution in [-0.2, 0) is 6.42 Å². The van der Waals surface area contributed by atoms with Crippen LogP contribution in [0.25, 0.3) is 10.9 Å². The summed E-state index contributed by atoms with van der Waals surface area (Å²) in [5, 5.41) is 1.21. The Bertz CT molecular complexity index is 857. The topological polar surface area (TPSA) is 25.4 Å². The van der Waals surface area contributed by atoms with Gasteiger partial charge in [-0.3, -0.25) is 0 Å². The predicted molar refractivity (Wildman–Crippen MR) is 90.2 cm³/mol. The van der Waals surface area contributed by atoms with Crippen molar-refractivity contribution in [3.05, 3.63) is 59.7 Å². The number of aryl methyl sites for hydroxylation is 1. The number of para-hydroxylation sites is 2. The molecule has 1 aliphatic heterocycles. The van der Waals surface area contributed by atoms with Crippen LogP contribution in [0.1, 0.15) is 11.1 Å². The Morgan fingerprint density at radius 3 is 2.82 bits per heavy atom. The summed E-state index contributed by atoms with van der Waals surface area (Å²) in [6.45, 7) is 3.05. The molecule has 0 spiro atoms. The van der Waals surface area contributed by atoms with Crippen LogP contribution < -0.4 is 9.64 Å². The number of hydrogen-bond acceptors (Lipinski definition) is 3. The SMILES string of the molecule is COc1ccccc1N1CCc2cc3ccc(C)cc3nc21. The van der Waals surface area contributed by atoms with Gasteiger partial charge >= 0.3 is 0 Å². The van der Waals surface area contributed by atoms with Crippen molar-refractivity contribution in [3.63, 3.8) is 0 Å². The number of rotatable bonds is 2. The van der Waals surface area contributed by atoms with Crippen molar-refractivity contribution in [2.75, 3.05) is 18.6 Å². The first-order valence-corrected chi connectivity index (χ1v) is 7.57. The number of hydrogen-bond donors (Lipinski definition) is 0. The molecule has 22 heavy (non-hydrogen) atoms. The first-order chi connectivity index (χ1) is 10.8. The second kappa shape index (κ2) is 5.02. The number of aromatic nitrogens is 1. The van der Waals surface area contributed by atoms with Crippen LogP contribution in [0.2, 0.25) is 0 Å². The highest BCUT2D eigenvalue weighted by atomic mass is 16.5. The average Bonchev–Trinajstić information content (AvgIpc) is 2.95. The van der Waals surface area contributed by atoms with Crippen molar-refractivity contribution in [2.45, 2.75) is 13.3 Å². The number of pyridine rings is 1. The molecule has 0 saturated carbocycles. The second-order valence-electron chi connectivity index (χ2n) is 5.74. The summed E-state index contributed by atoms with van der Waals surface area (Å²) >= 11 is 0. The van der Waals surface area contributed by atoms with Crippen molar-refractivity contribution < 1.29 is 4.74 Å². The fourth-order valence-corrected chi connectivity index (χ4v) is 3.15. The fourth-order valence-electron chi connectivity index (χ4n) is 3.15. The van der Waals surface area contributed by atoms with Crippen LogP contribution in [0.3, 0.4) is 0 Å². The van der Waals surface area contributed by atoms with E-state index in [0.717, 1.165) is 35.7 Å². The number of nitrogens with zero attached hydrogens (tertiary/aromatic N) is 2. The van der Waals surface area contributed by atoms with Crippen LogP contribution in [0, 0.1) is 6.92 Å². The third-order valence-electron chi connectivity index (χ3n) is 4.27. The quantitative estimate of drug-likeness (QED) is 0.705. The largest absolute Gasteiger partial charge is 0.495 e. The van der Waals surface area contributed by atoms with E-state index in [0.29, 0.717) is 0 Å². The minimum absolute atomic E-state index is 0.890. The Morgan fingerprint density at radius 1 is 1.09 bits per heavy atom. The van der Waals surface area contributed by atoms with Gasteiger partial charge in [-0.1, -0.05) is 24.3 Å². The Hall–Kier alpha value is -2.55. The summed E-state index contributed by atoms with van der Waals surface area (Å²) in [6.07, 6.45) is 1.02. The van der Waals surface area contributed by atoms with Gasteiger partial charge < -0.3 is 9.64 Å². The van der Waals surface area contributed by atoms with Gasteiger partial charge in [0.2, 0.25) is 0 Å². The Morgan fingerprint density at radius 2 is 1.95 bits per heavy atom. The maximum Gasteiger partial charge on any atom is 0.142 e. The van der Waals surface area contributed by atoms with Crippen LogP contribution in [0.15, 0.2) is 48.5 Å². The van der Waals surface area contributed by atoms with E-state index >= 15 is 0 Å². The van der Waals surface area contributed by atoms with Gasteiger partial charge in [0.1, 0.15) is 11.6 Å². The Kier molecular flexibility index (Phi) is 3.00. The number of ether oxygens (including phenoxy) is 1. The third-order valence-corrected chi connectivity index (χ3v) is 4.27. The molecule has 3 nitrogen and oxygen atoms in total. The zero-order chi connectivity index (χ0) is 15.1. The van der Waals surface area contributed by atoms with Gasteiger partial charge in [-0.25, -0.2) is 4.98 Å². The van der Waals surface area contributed by atoms with Gasteiger partial charge in [0.05, 0.1) is 18.3 Å². The molecule has 0 amide bonds. The summed E-state index contributed by atoms with van der Waals surface area (Å²) < 4.78 is 5.51. The van der Waals surface area contributed by atoms with Gasteiger partial charge in [0.15, 0.2) is 0 Å². The summed E-state index contributed by atoms with van der Waals surface area (Å²) in [5.41, 5.74) is 4.69. The molecule has 2 aromatic carbocycles. The molecule has 0 radical (unpaired) electrons. The number of methoxy groups -OCH3 is 1. The highest BCUT2D eigenvalue weighted by Gasteiger charge is 2.24. The monoisotopic (exact) mass is 290 g/mol. The number of anilines is 2. The average molecular weight is 290 g/mol. The van der Waals surface area contributed by atoms with Crippen molar-refractivity contribution in [1.29, 1.82) is 0 Å². The maximum atomic E-state index is 5.51. The third kappa shape index (κ3) is 2.01. The van der Waals surface area contributed by atoms with Crippen molar-refractivity contribution in [3.8, 4) is 5.75 Å². The van der Waals surface area contributed by atoms with Crippen molar-refractivity contribution in [1.82, 2.24) is 4.98 Å². The lowest BCUT2D eigenvalue weighted by Gasteiger charge is -2.21. The summed E-state index contributed by atoms with van der Waals surface area (Å²) in [4.78, 5) is 7.18. The lowest BCUT2D eigenvalue weighted by Crippen LogP contribution is -2.15. The van der Waals surface area contributed by atoms with E-state index in [1.165, 1.54) is 16.5 Å². The smallest absolute Gasteiger partial charge is 0.142 e. The Labute approximate surface area is 130 Å². The molecule has 0 unspecified atom stereocenters. The molecule has 3 heteroatoms. The Balaban J connectivity index is 1.87. The maximum absolute atomic E-state index is 5.51. The second-order valence-corrected chi connectivity index (χ2v) is 5.74. The molecule has 0 N–H and O–H groups in total. The number of fused-ring (bicyclic) bond motifs is 2. The first kappa shape index (κ1) is 13.1. The molecule has 4 rings (SSSR count). The lowest BCUT2D eigenvalue weighted by molar-refractivity contribution is 0.415. The molecule has 0 fully saturated rings. The standard InChI is InChI=1S/C19H18N2O/c1-13-7-8-14-12-15-9-10-21(19(15)20-16(14)11-13)17-5-3-4-6-18(17)22-2/h3-8,11-12H,9-10H2,1-2H3. The van der Waals surface area contributed by atoms with E-state index in [1.807, 2.05) is 18.2 Å². The molecule has 0 saturated heterocycles. The molecular formula is C19H18N2O.